The van der Waals surface area contributed by atoms with Gasteiger partial charge in [0.2, 0.25) is 5.91 Å². The Morgan fingerprint density at radius 3 is 2.89 bits per heavy atom. The van der Waals surface area contributed by atoms with Gasteiger partial charge in [-0.05, 0) is 43.9 Å². The molecule has 0 heterocycles. The van der Waals surface area contributed by atoms with Gasteiger partial charge in [-0.1, -0.05) is 17.7 Å². The molecule has 18 heavy (non-hydrogen) atoms. The van der Waals surface area contributed by atoms with Gasteiger partial charge in [-0.3, -0.25) is 10.2 Å². The molecule has 0 spiro atoms. The number of amides is 1. The SMILES string of the molecule is Cc1ccc(Cl)cc1OCCCCCC(=O)NN. The lowest BCUT2D eigenvalue weighted by Crippen LogP contribution is -2.29. The van der Waals surface area contributed by atoms with Gasteiger partial charge >= 0.3 is 0 Å². The van der Waals surface area contributed by atoms with Crippen LogP contribution >= 0.6 is 11.6 Å². The number of unbranched alkanes of at least 4 members (excludes halogenated alkanes) is 2. The second-order valence-corrected chi connectivity index (χ2v) is 4.57. The van der Waals surface area contributed by atoms with E-state index < -0.39 is 0 Å². The average Bonchev–Trinajstić information content (AvgIpc) is 2.37. The number of hydrogen-bond acceptors (Lipinski definition) is 3. The molecule has 0 atom stereocenters. The van der Waals surface area contributed by atoms with E-state index in [-0.39, 0.29) is 5.91 Å². The zero-order valence-corrected chi connectivity index (χ0v) is 11.3. The van der Waals surface area contributed by atoms with Crippen molar-refractivity contribution in [2.24, 2.45) is 5.84 Å². The first-order valence-corrected chi connectivity index (χ1v) is 6.39. The first-order chi connectivity index (χ1) is 8.63. The maximum absolute atomic E-state index is 10.9. The Hall–Kier alpha value is -1.26. The molecule has 0 aromatic heterocycles. The largest absolute Gasteiger partial charge is 0.493 e. The van der Waals surface area contributed by atoms with Crippen LogP contribution < -0.4 is 16.0 Å². The van der Waals surface area contributed by atoms with E-state index in [0.717, 1.165) is 30.6 Å². The van der Waals surface area contributed by atoms with Crippen LogP contribution in [0.4, 0.5) is 0 Å². The number of rotatable bonds is 7. The molecule has 0 saturated heterocycles. The molecule has 1 aromatic rings. The van der Waals surface area contributed by atoms with Gasteiger partial charge in [0.25, 0.3) is 0 Å². The summed E-state index contributed by atoms with van der Waals surface area (Å²) in [5.41, 5.74) is 3.18. The molecular formula is C13H19ClN2O2. The number of nitrogens with two attached hydrogens (primary N) is 1. The molecule has 1 amide bonds. The van der Waals surface area contributed by atoms with E-state index in [1.807, 2.05) is 25.1 Å². The first-order valence-electron chi connectivity index (χ1n) is 6.02. The summed E-state index contributed by atoms with van der Waals surface area (Å²) in [6.45, 7) is 2.61. The Kier molecular flexibility index (Phi) is 6.54. The number of carbonyl (C=O) groups excluding carboxylic acids is 1. The van der Waals surface area contributed by atoms with Crippen LogP contribution in [0.1, 0.15) is 31.2 Å². The molecule has 5 heteroatoms. The van der Waals surface area contributed by atoms with Crippen LogP contribution in [0, 0.1) is 6.92 Å². The van der Waals surface area contributed by atoms with Crippen LogP contribution in [0.5, 0.6) is 5.75 Å². The predicted octanol–water partition coefficient (Wildman–Crippen LogP) is 2.58. The third kappa shape index (κ3) is 5.38. The van der Waals surface area contributed by atoms with Crippen molar-refractivity contribution in [3.8, 4) is 5.75 Å². The Labute approximate surface area is 112 Å². The molecule has 0 unspecified atom stereocenters. The van der Waals surface area contributed by atoms with Gasteiger partial charge in [-0.25, -0.2) is 5.84 Å². The molecule has 0 bridgehead atoms. The Balaban J connectivity index is 2.18. The summed E-state index contributed by atoms with van der Waals surface area (Å²) in [7, 11) is 0. The zero-order chi connectivity index (χ0) is 13.4. The van der Waals surface area contributed by atoms with E-state index in [1.165, 1.54) is 0 Å². The van der Waals surface area contributed by atoms with Crippen LogP contribution in [-0.2, 0) is 4.79 Å². The lowest BCUT2D eigenvalue weighted by atomic mass is 10.2. The maximum atomic E-state index is 10.9. The first kappa shape index (κ1) is 14.8. The molecule has 1 rings (SSSR count). The van der Waals surface area contributed by atoms with Crippen molar-refractivity contribution >= 4 is 17.5 Å². The highest BCUT2D eigenvalue weighted by Crippen LogP contribution is 2.22. The van der Waals surface area contributed by atoms with Gasteiger partial charge < -0.3 is 4.74 Å². The number of hydrazine groups is 1. The molecule has 0 aliphatic heterocycles. The van der Waals surface area contributed by atoms with E-state index in [9.17, 15) is 4.79 Å². The highest BCUT2D eigenvalue weighted by Gasteiger charge is 2.01. The lowest BCUT2D eigenvalue weighted by Gasteiger charge is -2.09. The fraction of sp³-hybridized carbons (Fsp3) is 0.462. The normalized spacial score (nSPS) is 10.2. The summed E-state index contributed by atoms with van der Waals surface area (Å²) in [5, 5.41) is 0.676. The summed E-state index contributed by atoms with van der Waals surface area (Å²) < 4.78 is 5.64. The van der Waals surface area contributed by atoms with Crippen LogP contribution in [-0.4, -0.2) is 12.5 Å². The fourth-order valence-corrected chi connectivity index (χ4v) is 1.71. The molecule has 100 valence electrons. The molecule has 0 aliphatic carbocycles. The summed E-state index contributed by atoms with van der Waals surface area (Å²) in [6, 6.07) is 5.59. The highest BCUT2D eigenvalue weighted by molar-refractivity contribution is 6.30. The topological polar surface area (TPSA) is 64.3 Å². The third-order valence-electron chi connectivity index (χ3n) is 2.62. The summed E-state index contributed by atoms with van der Waals surface area (Å²) in [5.74, 6) is 5.68. The smallest absolute Gasteiger partial charge is 0.233 e. The van der Waals surface area contributed by atoms with Crippen molar-refractivity contribution in [1.29, 1.82) is 0 Å². The number of carbonyl (C=O) groups is 1. The van der Waals surface area contributed by atoms with Crippen molar-refractivity contribution in [3.63, 3.8) is 0 Å². The summed E-state index contributed by atoms with van der Waals surface area (Å²) in [6.07, 6.45) is 3.13. The van der Waals surface area contributed by atoms with Crippen molar-refractivity contribution in [2.75, 3.05) is 6.61 Å². The summed E-state index contributed by atoms with van der Waals surface area (Å²) >= 11 is 5.89. The minimum Gasteiger partial charge on any atom is -0.493 e. The van der Waals surface area contributed by atoms with E-state index in [1.54, 1.807) is 0 Å². The van der Waals surface area contributed by atoms with Crippen molar-refractivity contribution in [1.82, 2.24) is 5.43 Å². The highest BCUT2D eigenvalue weighted by atomic mass is 35.5. The molecule has 0 fully saturated rings. The number of benzene rings is 1. The van der Waals surface area contributed by atoms with E-state index in [2.05, 4.69) is 5.43 Å². The minimum atomic E-state index is -0.124. The Morgan fingerprint density at radius 2 is 2.17 bits per heavy atom. The molecule has 0 aliphatic rings. The molecule has 4 nitrogen and oxygen atoms in total. The van der Waals surface area contributed by atoms with Crippen LogP contribution in [0.15, 0.2) is 18.2 Å². The quantitative estimate of drug-likeness (QED) is 0.346. The zero-order valence-electron chi connectivity index (χ0n) is 10.5. The minimum absolute atomic E-state index is 0.124. The number of halogens is 1. The molecule has 1 aromatic carbocycles. The lowest BCUT2D eigenvalue weighted by molar-refractivity contribution is -0.121. The van der Waals surface area contributed by atoms with Crippen molar-refractivity contribution in [2.45, 2.75) is 32.6 Å². The summed E-state index contributed by atoms with van der Waals surface area (Å²) in [4.78, 5) is 10.9. The van der Waals surface area contributed by atoms with Gasteiger partial charge in [-0.15, -0.1) is 0 Å². The predicted molar refractivity (Wildman–Crippen MR) is 72.5 cm³/mol. The number of nitrogens with one attached hydrogen (secondary N) is 1. The monoisotopic (exact) mass is 270 g/mol. The van der Waals surface area contributed by atoms with Crippen LogP contribution in [0.2, 0.25) is 5.02 Å². The van der Waals surface area contributed by atoms with Crippen molar-refractivity contribution < 1.29 is 9.53 Å². The molecular weight excluding hydrogens is 252 g/mol. The number of hydrogen-bond donors (Lipinski definition) is 2. The van der Waals surface area contributed by atoms with Crippen LogP contribution in [0.3, 0.4) is 0 Å². The second-order valence-electron chi connectivity index (χ2n) is 4.14. The van der Waals surface area contributed by atoms with Crippen LogP contribution in [0.25, 0.3) is 0 Å². The van der Waals surface area contributed by atoms with E-state index >= 15 is 0 Å². The fourth-order valence-electron chi connectivity index (χ4n) is 1.55. The van der Waals surface area contributed by atoms with E-state index in [4.69, 9.17) is 22.2 Å². The van der Waals surface area contributed by atoms with Gasteiger partial charge in [0, 0.05) is 11.4 Å². The maximum Gasteiger partial charge on any atom is 0.233 e. The van der Waals surface area contributed by atoms with Gasteiger partial charge in [0.1, 0.15) is 5.75 Å². The Morgan fingerprint density at radius 1 is 1.39 bits per heavy atom. The molecule has 0 radical (unpaired) electrons. The van der Waals surface area contributed by atoms with E-state index in [0.29, 0.717) is 18.1 Å². The number of ether oxygens (including phenoxy) is 1. The number of aryl methyl sites for hydroxylation is 1. The standard InChI is InChI=1S/C13H19ClN2O2/c1-10-6-7-11(14)9-12(10)18-8-4-2-3-5-13(17)16-15/h6-7,9H,2-5,8,15H2,1H3,(H,16,17). The Bertz CT molecular complexity index is 397. The second kappa shape index (κ2) is 7.95. The van der Waals surface area contributed by atoms with Gasteiger partial charge in [-0.2, -0.15) is 0 Å². The third-order valence-corrected chi connectivity index (χ3v) is 2.85. The molecule has 0 saturated carbocycles. The van der Waals surface area contributed by atoms with Gasteiger partial charge in [0.15, 0.2) is 0 Å². The average molecular weight is 271 g/mol. The van der Waals surface area contributed by atoms with Gasteiger partial charge in [0.05, 0.1) is 6.61 Å². The van der Waals surface area contributed by atoms with Crippen molar-refractivity contribution in [3.05, 3.63) is 28.8 Å². The molecule has 3 N–H and O–H groups in total.